The van der Waals surface area contributed by atoms with Gasteiger partial charge < -0.3 is 20.4 Å². The molecule has 0 aliphatic heterocycles. The topological polar surface area (TPSA) is 81.1 Å². The second-order valence-corrected chi connectivity index (χ2v) is 5.67. The van der Waals surface area contributed by atoms with Gasteiger partial charge in [-0.3, -0.25) is 4.79 Å². The average molecular weight is 333 g/mol. The molecule has 0 saturated heterocycles. The Bertz CT molecular complexity index is 1020. The highest BCUT2D eigenvalue weighted by molar-refractivity contribution is 6.09. The third kappa shape index (κ3) is 3.30. The predicted octanol–water partition coefficient (Wildman–Crippen LogP) is 3.01. The Balaban J connectivity index is 2.01. The monoisotopic (exact) mass is 333 g/mol. The highest BCUT2D eigenvalue weighted by Gasteiger charge is 2.06. The van der Waals surface area contributed by atoms with Crippen LogP contribution in [0, 0.1) is 5.41 Å². The number of benzene rings is 2. The van der Waals surface area contributed by atoms with Gasteiger partial charge in [0.2, 0.25) is 0 Å². The fourth-order valence-corrected chi connectivity index (χ4v) is 2.79. The Hall–Kier alpha value is -3.34. The Labute approximate surface area is 145 Å². The molecule has 0 saturated carbocycles. The van der Waals surface area contributed by atoms with Crippen molar-refractivity contribution < 1.29 is 4.74 Å². The SMILES string of the molecule is COc1cccc(Cn2ccc3cc(/C(C=N)=C/N)ccc3c2=O)c1. The lowest BCUT2D eigenvalue weighted by molar-refractivity contribution is 0.414. The van der Waals surface area contributed by atoms with Crippen molar-refractivity contribution in [1.82, 2.24) is 4.57 Å². The van der Waals surface area contributed by atoms with E-state index in [2.05, 4.69) is 0 Å². The molecule has 25 heavy (non-hydrogen) atoms. The number of rotatable bonds is 5. The van der Waals surface area contributed by atoms with Crippen molar-refractivity contribution in [3.63, 3.8) is 0 Å². The molecular formula is C20H19N3O2. The van der Waals surface area contributed by atoms with Crippen LogP contribution in [0.15, 0.2) is 65.7 Å². The van der Waals surface area contributed by atoms with E-state index in [4.69, 9.17) is 15.9 Å². The van der Waals surface area contributed by atoms with Crippen molar-refractivity contribution in [2.75, 3.05) is 7.11 Å². The molecule has 3 N–H and O–H groups in total. The number of allylic oxidation sites excluding steroid dienone is 1. The molecule has 0 aliphatic rings. The number of pyridine rings is 1. The van der Waals surface area contributed by atoms with Crippen LogP contribution in [0.1, 0.15) is 11.1 Å². The largest absolute Gasteiger partial charge is 0.497 e. The molecule has 0 unspecified atom stereocenters. The van der Waals surface area contributed by atoms with Gasteiger partial charge in [0.1, 0.15) is 5.75 Å². The minimum Gasteiger partial charge on any atom is -0.497 e. The Kier molecular flexibility index (Phi) is 4.66. The number of methoxy groups -OCH3 is 1. The van der Waals surface area contributed by atoms with Crippen LogP contribution < -0.4 is 16.0 Å². The molecular weight excluding hydrogens is 314 g/mol. The van der Waals surface area contributed by atoms with Crippen molar-refractivity contribution in [3.8, 4) is 5.75 Å². The molecule has 126 valence electrons. The van der Waals surface area contributed by atoms with Gasteiger partial charge >= 0.3 is 0 Å². The van der Waals surface area contributed by atoms with Gasteiger partial charge in [0, 0.05) is 29.6 Å². The number of hydrogen-bond acceptors (Lipinski definition) is 4. The molecule has 0 amide bonds. The first-order chi connectivity index (χ1) is 12.2. The first-order valence-corrected chi connectivity index (χ1v) is 7.85. The summed E-state index contributed by atoms with van der Waals surface area (Å²) in [6.45, 7) is 0.474. The first-order valence-electron chi connectivity index (χ1n) is 7.85. The molecule has 0 spiro atoms. The van der Waals surface area contributed by atoms with Crippen molar-refractivity contribution in [2.24, 2.45) is 5.73 Å². The smallest absolute Gasteiger partial charge is 0.258 e. The van der Waals surface area contributed by atoms with E-state index in [0.29, 0.717) is 17.5 Å². The van der Waals surface area contributed by atoms with E-state index in [0.717, 1.165) is 22.3 Å². The Morgan fingerprint density at radius 1 is 1.24 bits per heavy atom. The minimum atomic E-state index is -0.0556. The van der Waals surface area contributed by atoms with Crippen molar-refractivity contribution in [3.05, 3.63) is 82.4 Å². The molecule has 0 aliphatic carbocycles. The summed E-state index contributed by atoms with van der Waals surface area (Å²) in [5.41, 5.74) is 7.90. The molecule has 0 atom stereocenters. The number of aromatic nitrogens is 1. The van der Waals surface area contributed by atoms with Crippen LogP contribution in [-0.4, -0.2) is 17.9 Å². The van der Waals surface area contributed by atoms with E-state index in [1.54, 1.807) is 23.9 Å². The second kappa shape index (κ2) is 7.05. The summed E-state index contributed by atoms with van der Waals surface area (Å²) in [5, 5.41) is 8.85. The number of fused-ring (bicyclic) bond motifs is 1. The third-order valence-electron chi connectivity index (χ3n) is 4.13. The third-order valence-corrected chi connectivity index (χ3v) is 4.13. The number of ether oxygens (including phenoxy) is 1. The van der Waals surface area contributed by atoms with E-state index in [1.807, 2.05) is 42.5 Å². The fourth-order valence-electron chi connectivity index (χ4n) is 2.79. The van der Waals surface area contributed by atoms with Gasteiger partial charge in [-0.15, -0.1) is 0 Å². The zero-order valence-electron chi connectivity index (χ0n) is 13.9. The fraction of sp³-hybridized carbons (Fsp3) is 0.100. The lowest BCUT2D eigenvalue weighted by Gasteiger charge is -2.10. The molecule has 2 aromatic carbocycles. The minimum absolute atomic E-state index is 0.0556. The normalized spacial score (nSPS) is 11.5. The van der Waals surface area contributed by atoms with Crippen molar-refractivity contribution in [1.29, 1.82) is 5.41 Å². The zero-order chi connectivity index (χ0) is 17.8. The summed E-state index contributed by atoms with van der Waals surface area (Å²) in [4.78, 5) is 12.8. The van der Waals surface area contributed by atoms with Crippen LogP contribution >= 0.6 is 0 Å². The molecule has 1 aromatic heterocycles. The summed E-state index contributed by atoms with van der Waals surface area (Å²) < 4.78 is 6.90. The molecule has 5 nitrogen and oxygen atoms in total. The average Bonchev–Trinajstić information content (AvgIpc) is 2.65. The number of nitrogens with one attached hydrogen (secondary N) is 1. The van der Waals surface area contributed by atoms with Crippen molar-refractivity contribution in [2.45, 2.75) is 6.54 Å². The van der Waals surface area contributed by atoms with Gasteiger partial charge in [0.15, 0.2) is 0 Å². The number of nitrogens with two attached hydrogens (primary N) is 1. The van der Waals surface area contributed by atoms with Crippen LogP contribution in [0.25, 0.3) is 16.3 Å². The van der Waals surface area contributed by atoms with Crippen molar-refractivity contribution >= 4 is 22.6 Å². The predicted molar refractivity (Wildman–Crippen MR) is 101 cm³/mol. The van der Waals surface area contributed by atoms with E-state index < -0.39 is 0 Å². The maximum atomic E-state index is 12.8. The summed E-state index contributed by atoms with van der Waals surface area (Å²) in [7, 11) is 1.62. The first kappa shape index (κ1) is 16.5. The Morgan fingerprint density at radius 3 is 2.80 bits per heavy atom. The quantitative estimate of drug-likeness (QED) is 0.704. The lowest BCUT2D eigenvalue weighted by atomic mass is 10.0. The van der Waals surface area contributed by atoms with Crippen LogP contribution in [0.3, 0.4) is 0 Å². The highest BCUT2D eigenvalue weighted by atomic mass is 16.5. The maximum Gasteiger partial charge on any atom is 0.258 e. The summed E-state index contributed by atoms with van der Waals surface area (Å²) >= 11 is 0. The van der Waals surface area contributed by atoms with Gasteiger partial charge in [-0.05, 0) is 46.8 Å². The molecule has 0 radical (unpaired) electrons. The van der Waals surface area contributed by atoms with Crippen LogP contribution in [-0.2, 0) is 6.54 Å². The molecule has 5 heteroatoms. The summed E-state index contributed by atoms with van der Waals surface area (Å²) in [6.07, 6.45) is 4.37. The Morgan fingerprint density at radius 2 is 2.08 bits per heavy atom. The molecule has 0 fully saturated rings. The molecule has 3 aromatic rings. The van der Waals surface area contributed by atoms with Gasteiger partial charge in [0.25, 0.3) is 5.56 Å². The van der Waals surface area contributed by atoms with E-state index in [-0.39, 0.29) is 5.56 Å². The van der Waals surface area contributed by atoms with E-state index >= 15 is 0 Å². The van der Waals surface area contributed by atoms with Gasteiger partial charge in [-0.1, -0.05) is 18.2 Å². The number of hydrogen-bond donors (Lipinski definition) is 2. The number of nitrogens with zero attached hydrogens (tertiary/aromatic N) is 1. The molecule has 1 heterocycles. The summed E-state index contributed by atoms with van der Waals surface area (Å²) in [6, 6.07) is 15.0. The van der Waals surface area contributed by atoms with E-state index in [9.17, 15) is 4.79 Å². The van der Waals surface area contributed by atoms with E-state index in [1.165, 1.54) is 12.4 Å². The lowest BCUT2D eigenvalue weighted by Crippen LogP contribution is -2.20. The summed E-state index contributed by atoms with van der Waals surface area (Å²) in [5.74, 6) is 0.767. The molecule has 0 bridgehead atoms. The van der Waals surface area contributed by atoms with Gasteiger partial charge in [-0.2, -0.15) is 0 Å². The second-order valence-electron chi connectivity index (χ2n) is 5.67. The standard InChI is InChI=1S/C20H19N3O2/c1-25-18-4-2-3-14(9-18)13-23-8-7-16-10-15(17(11-21)12-22)5-6-19(16)20(23)24/h2-12,21H,13,22H2,1H3/b17-12+,21-11?. The van der Waals surface area contributed by atoms with Crippen LogP contribution in [0.4, 0.5) is 0 Å². The van der Waals surface area contributed by atoms with Crippen LogP contribution in [0.5, 0.6) is 5.75 Å². The highest BCUT2D eigenvalue weighted by Crippen LogP contribution is 2.18. The zero-order valence-corrected chi connectivity index (χ0v) is 13.9. The molecule has 3 rings (SSSR count). The van der Waals surface area contributed by atoms with Gasteiger partial charge in [0.05, 0.1) is 13.7 Å². The van der Waals surface area contributed by atoms with Gasteiger partial charge in [-0.25, -0.2) is 0 Å². The maximum absolute atomic E-state index is 12.8. The van der Waals surface area contributed by atoms with Crippen LogP contribution in [0.2, 0.25) is 0 Å².